The van der Waals surface area contributed by atoms with Crippen LogP contribution in [0.1, 0.15) is 12.3 Å². The van der Waals surface area contributed by atoms with Crippen molar-refractivity contribution in [3.63, 3.8) is 0 Å². The summed E-state index contributed by atoms with van der Waals surface area (Å²) >= 11 is 5.93. The van der Waals surface area contributed by atoms with E-state index in [0.717, 1.165) is 5.56 Å². The first-order valence-corrected chi connectivity index (χ1v) is 8.22. The fourth-order valence-electron chi connectivity index (χ4n) is 2.18. The third-order valence-electron chi connectivity index (χ3n) is 3.18. The van der Waals surface area contributed by atoms with Crippen LogP contribution < -0.4 is 0 Å². The van der Waals surface area contributed by atoms with Crippen molar-refractivity contribution in [1.29, 1.82) is 0 Å². The third kappa shape index (κ3) is 2.72. The van der Waals surface area contributed by atoms with Crippen molar-refractivity contribution in [2.75, 3.05) is 12.3 Å². The molecule has 1 fully saturated rings. The summed E-state index contributed by atoms with van der Waals surface area (Å²) in [6.07, 6.45) is 2.24. The molecule has 106 valence electrons. The zero-order valence-corrected chi connectivity index (χ0v) is 12.2. The van der Waals surface area contributed by atoms with Crippen LogP contribution in [0.15, 0.2) is 34.9 Å². The highest BCUT2D eigenvalue weighted by atomic mass is 35.5. The molecule has 0 bridgehead atoms. The Kier molecular flexibility index (Phi) is 3.54. The molecule has 5 nitrogen and oxygen atoms in total. The van der Waals surface area contributed by atoms with Gasteiger partial charge in [-0.1, -0.05) is 23.7 Å². The monoisotopic (exact) mass is 312 g/mol. The molecule has 1 saturated heterocycles. The van der Waals surface area contributed by atoms with Crippen LogP contribution in [0.3, 0.4) is 0 Å². The van der Waals surface area contributed by atoms with Gasteiger partial charge in [0, 0.05) is 17.1 Å². The molecule has 1 aliphatic heterocycles. The zero-order valence-electron chi connectivity index (χ0n) is 10.6. The van der Waals surface area contributed by atoms with Crippen molar-refractivity contribution < 1.29 is 12.8 Å². The molecule has 2 heterocycles. The lowest BCUT2D eigenvalue weighted by Crippen LogP contribution is -2.25. The number of halogens is 1. The predicted octanol–water partition coefficient (Wildman–Crippen LogP) is 2.53. The largest absolute Gasteiger partial charge is 0.439 e. The Labute approximate surface area is 122 Å². The Morgan fingerprint density at radius 2 is 2.25 bits per heavy atom. The number of sulfonamides is 1. The molecular weight excluding hydrogens is 300 g/mol. The summed E-state index contributed by atoms with van der Waals surface area (Å²) in [6, 6.07) is 7.24. The lowest BCUT2D eigenvalue weighted by atomic mass is 10.2. The minimum Gasteiger partial charge on any atom is -0.439 e. The quantitative estimate of drug-likeness (QED) is 0.873. The molecule has 0 spiro atoms. The van der Waals surface area contributed by atoms with E-state index in [0.29, 0.717) is 29.6 Å². The standard InChI is InChI=1S/C13H13ClN2O3S/c14-11-4-1-3-10(7-11)12-8-15-13(19-12)9-16-5-2-6-20(16,17)18/h1,3-4,7-8H,2,5-6,9H2. The number of nitrogens with zero attached hydrogens (tertiary/aromatic N) is 2. The number of aromatic nitrogens is 1. The minimum absolute atomic E-state index is 0.183. The summed E-state index contributed by atoms with van der Waals surface area (Å²) in [4.78, 5) is 4.14. The fraction of sp³-hybridized carbons (Fsp3) is 0.308. The Morgan fingerprint density at radius 1 is 1.40 bits per heavy atom. The van der Waals surface area contributed by atoms with Crippen LogP contribution in [-0.2, 0) is 16.6 Å². The molecule has 3 rings (SSSR count). The Balaban J connectivity index is 1.81. The van der Waals surface area contributed by atoms with Gasteiger partial charge in [-0.2, -0.15) is 4.31 Å². The SMILES string of the molecule is O=S1(=O)CCCN1Cc1ncc(-c2cccc(Cl)c2)o1. The van der Waals surface area contributed by atoms with E-state index in [-0.39, 0.29) is 12.3 Å². The highest BCUT2D eigenvalue weighted by Gasteiger charge is 2.29. The summed E-state index contributed by atoms with van der Waals surface area (Å²) in [5.74, 6) is 1.18. The summed E-state index contributed by atoms with van der Waals surface area (Å²) in [5, 5.41) is 0.613. The van der Waals surface area contributed by atoms with Crippen LogP contribution in [0.5, 0.6) is 0 Å². The third-order valence-corrected chi connectivity index (χ3v) is 5.32. The van der Waals surface area contributed by atoms with Gasteiger partial charge in [0.25, 0.3) is 0 Å². The highest BCUT2D eigenvalue weighted by Crippen LogP contribution is 2.25. The average molecular weight is 313 g/mol. The number of hydrogen-bond donors (Lipinski definition) is 0. The van der Waals surface area contributed by atoms with Crippen molar-refractivity contribution in [3.8, 4) is 11.3 Å². The van der Waals surface area contributed by atoms with E-state index in [9.17, 15) is 8.42 Å². The van der Waals surface area contributed by atoms with E-state index in [1.807, 2.05) is 12.1 Å². The summed E-state index contributed by atoms with van der Waals surface area (Å²) < 4.78 is 30.5. The van der Waals surface area contributed by atoms with Gasteiger partial charge in [0.05, 0.1) is 18.5 Å². The van der Waals surface area contributed by atoms with Gasteiger partial charge in [0.2, 0.25) is 15.9 Å². The number of rotatable bonds is 3. The van der Waals surface area contributed by atoms with Crippen molar-refractivity contribution in [1.82, 2.24) is 9.29 Å². The van der Waals surface area contributed by atoms with E-state index in [1.54, 1.807) is 18.3 Å². The Morgan fingerprint density at radius 3 is 2.95 bits per heavy atom. The van der Waals surface area contributed by atoms with E-state index >= 15 is 0 Å². The summed E-state index contributed by atoms with van der Waals surface area (Å²) in [7, 11) is -3.14. The van der Waals surface area contributed by atoms with Gasteiger partial charge in [-0.3, -0.25) is 0 Å². The first-order chi connectivity index (χ1) is 9.54. The molecule has 2 aromatic rings. The summed E-state index contributed by atoms with van der Waals surface area (Å²) in [5.41, 5.74) is 0.820. The lowest BCUT2D eigenvalue weighted by molar-refractivity contribution is 0.379. The maximum Gasteiger partial charge on any atom is 0.214 e. The second-order valence-corrected chi connectivity index (χ2v) is 7.16. The van der Waals surface area contributed by atoms with Crippen molar-refractivity contribution in [2.45, 2.75) is 13.0 Å². The van der Waals surface area contributed by atoms with Gasteiger partial charge in [0.15, 0.2) is 5.76 Å². The molecule has 20 heavy (non-hydrogen) atoms. The van der Waals surface area contributed by atoms with Gasteiger partial charge in [-0.25, -0.2) is 13.4 Å². The number of benzene rings is 1. The van der Waals surface area contributed by atoms with E-state index in [4.69, 9.17) is 16.0 Å². The second kappa shape index (κ2) is 5.20. The van der Waals surface area contributed by atoms with Gasteiger partial charge < -0.3 is 4.42 Å². The fourth-order valence-corrected chi connectivity index (χ4v) is 3.84. The first kappa shape index (κ1) is 13.6. The molecule has 0 radical (unpaired) electrons. The summed E-state index contributed by atoms with van der Waals surface area (Å²) in [6.45, 7) is 0.708. The molecule has 0 atom stereocenters. The Hall–Kier alpha value is -1.37. The minimum atomic E-state index is -3.14. The van der Waals surface area contributed by atoms with Crippen LogP contribution in [0, 0.1) is 0 Å². The molecule has 0 aliphatic carbocycles. The van der Waals surface area contributed by atoms with Gasteiger partial charge in [0.1, 0.15) is 0 Å². The van der Waals surface area contributed by atoms with Crippen LogP contribution in [0.4, 0.5) is 0 Å². The predicted molar refractivity (Wildman–Crippen MR) is 75.8 cm³/mol. The van der Waals surface area contributed by atoms with Crippen LogP contribution >= 0.6 is 11.6 Å². The van der Waals surface area contributed by atoms with E-state index < -0.39 is 10.0 Å². The molecule has 1 aromatic carbocycles. The average Bonchev–Trinajstić information content (AvgIpc) is 2.98. The number of hydrogen-bond acceptors (Lipinski definition) is 4. The van der Waals surface area contributed by atoms with Crippen LogP contribution in [0.2, 0.25) is 5.02 Å². The first-order valence-electron chi connectivity index (χ1n) is 6.23. The molecule has 0 unspecified atom stereocenters. The van der Waals surface area contributed by atoms with Crippen LogP contribution in [0.25, 0.3) is 11.3 Å². The molecule has 7 heteroatoms. The van der Waals surface area contributed by atoms with Crippen molar-refractivity contribution >= 4 is 21.6 Å². The van der Waals surface area contributed by atoms with Gasteiger partial charge >= 0.3 is 0 Å². The molecular formula is C13H13ClN2O3S. The maximum absolute atomic E-state index is 11.7. The molecule has 1 aromatic heterocycles. The topological polar surface area (TPSA) is 63.4 Å². The van der Waals surface area contributed by atoms with Crippen molar-refractivity contribution in [3.05, 3.63) is 41.4 Å². The Bertz CT molecular complexity index is 727. The molecule has 0 saturated carbocycles. The zero-order chi connectivity index (χ0) is 14.2. The lowest BCUT2D eigenvalue weighted by Gasteiger charge is -2.10. The van der Waals surface area contributed by atoms with Gasteiger partial charge in [-0.05, 0) is 18.6 Å². The van der Waals surface area contributed by atoms with Crippen molar-refractivity contribution in [2.24, 2.45) is 0 Å². The molecule has 1 aliphatic rings. The highest BCUT2D eigenvalue weighted by molar-refractivity contribution is 7.89. The normalized spacial score (nSPS) is 18.4. The smallest absolute Gasteiger partial charge is 0.214 e. The van der Waals surface area contributed by atoms with E-state index in [1.165, 1.54) is 4.31 Å². The number of oxazole rings is 1. The molecule has 0 amide bonds. The van der Waals surface area contributed by atoms with Crippen LogP contribution in [-0.4, -0.2) is 30.0 Å². The molecule has 0 N–H and O–H groups in total. The second-order valence-electron chi connectivity index (χ2n) is 4.63. The van der Waals surface area contributed by atoms with E-state index in [2.05, 4.69) is 4.98 Å². The maximum atomic E-state index is 11.7. The van der Waals surface area contributed by atoms with Gasteiger partial charge in [-0.15, -0.1) is 0 Å².